The van der Waals surface area contributed by atoms with E-state index in [-0.39, 0.29) is 0 Å². The first-order chi connectivity index (χ1) is 6.15. The van der Waals surface area contributed by atoms with Gasteiger partial charge in [-0.05, 0) is 11.5 Å². The first-order valence-corrected chi connectivity index (χ1v) is 5.26. The van der Waals surface area contributed by atoms with Gasteiger partial charge in [0.25, 0.3) is 0 Å². The lowest BCUT2D eigenvalue weighted by molar-refractivity contribution is 0.112. The maximum Gasteiger partial charge on any atom is 0.150 e. The number of hydrogen-bond acceptors (Lipinski definition) is 1. The van der Waals surface area contributed by atoms with Crippen molar-refractivity contribution in [3.8, 4) is 0 Å². The van der Waals surface area contributed by atoms with Gasteiger partial charge in [0.2, 0.25) is 0 Å². The highest BCUT2D eigenvalue weighted by molar-refractivity contribution is 9.09. The molecule has 0 amide bonds. The third kappa shape index (κ3) is 2.66. The van der Waals surface area contributed by atoms with Crippen molar-refractivity contribution in [2.24, 2.45) is 5.92 Å². The monoisotopic (exact) mass is 240 g/mol. The van der Waals surface area contributed by atoms with Crippen molar-refractivity contribution in [1.29, 1.82) is 0 Å². The van der Waals surface area contributed by atoms with Gasteiger partial charge in [-0.2, -0.15) is 0 Å². The second kappa shape index (κ2) is 4.56. The summed E-state index contributed by atoms with van der Waals surface area (Å²) in [7, 11) is 0. The molecule has 0 radical (unpaired) electrons. The van der Waals surface area contributed by atoms with Gasteiger partial charge in [-0.25, -0.2) is 0 Å². The Morgan fingerprint density at radius 3 is 2.15 bits per heavy atom. The standard InChI is InChI=1S/C11H13BrO/c1-8(2)11(12)10-5-3-9(7-13)4-6-10/h3-8,11H,1-2H3. The molecular weight excluding hydrogens is 228 g/mol. The maximum absolute atomic E-state index is 10.4. The molecule has 0 bridgehead atoms. The molecule has 0 aromatic heterocycles. The van der Waals surface area contributed by atoms with E-state index in [0.29, 0.717) is 10.7 Å². The van der Waals surface area contributed by atoms with E-state index in [0.717, 1.165) is 11.8 Å². The lowest BCUT2D eigenvalue weighted by Gasteiger charge is -2.13. The Labute approximate surface area is 87.3 Å². The molecule has 0 N–H and O–H groups in total. The Balaban J connectivity index is 2.85. The quantitative estimate of drug-likeness (QED) is 0.583. The van der Waals surface area contributed by atoms with Gasteiger partial charge in [0, 0.05) is 10.4 Å². The van der Waals surface area contributed by atoms with Gasteiger partial charge in [0.05, 0.1) is 0 Å². The number of carbonyl (C=O) groups excluding carboxylic acids is 1. The predicted octanol–water partition coefficient (Wildman–Crippen LogP) is 3.59. The highest BCUT2D eigenvalue weighted by Gasteiger charge is 2.10. The summed E-state index contributed by atoms with van der Waals surface area (Å²) in [6, 6.07) is 7.67. The summed E-state index contributed by atoms with van der Waals surface area (Å²) in [5, 5.41) is 0. The van der Waals surface area contributed by atoms with Gasteiger partial charge >= 0.3 is 0 Å². The van der Waals surface area contributed by atoms with Crippen LogP contribution in [-0.2, 0) is 0 Å². The predicted molar refractivity (Wildman–Crippen MR) is 58.3 cm³/mol. The summed E-state index contributed by atoms with van der Waals surface area (Å²) in [5.41, 5.74) is 1.95. The molecular formula is C11H13BrO. The Bertz CT molecular complexity index is 277. The van der Waals surface area contributed by atoms with Crippen LogP contribution in [0, 0.1) is 5.92 Å². The van der Waals surface area contributed by atoms with Crippen LogP contribution in [0.3, 0.4) is 0 Å². The van der Waals surface area contributed by atoms with Crippen molar-refractivity contribution in [2.45, 2.75) is 18.7 Å². The average molecular weight is 241 g/mol. The van der Waals surface area contributed by atoms with E-state index in [1.54, 1.807) is 0 Å². The van der Waals surface area contributed by atoms with Crippen LogP contribution in [-0.4, -0.2) is 6.29 Å². The fourth-order valence-corrected chi connectivity index (χ4v) is 1.45. The van der Waals surface area contributed by atoms with Gasteiger partial charge in [0.1, 0.15) is 6.29 Å². The molecule has 70 valence electrons. The lowest BCUT2D eigenvalue weighted by Crippen LogP contribution is -1.98. The fraction of sp³-hybridized carbons (Fsp3) is 0.364. The summed E-state index contributed by atoms with van der Waals surface area (Å²) >= 11 is 3.61. The molecule has 0 heterocycles. The molecule has 0 fully saturated rings. The topological polar surface area (TPSA) is 17.1 Å². The Morgan fingerprint density at radius 2 is 1.77 bits per heavy atom. The summed E-state index contributed by atoms with van der Waals surface area (Å²) in [6.07, 6.45) is 0.863. The van der Waals surface area contributed by atoms with Gasteiger partial charge in [0.15, 0.2) is 0 Å². The number of aldehydes is 1. The van der Waals surface area contributed by atoms with Crippen LogP contribution in [0.25, 0.3) is 0 Å². The molecule has 13 heavy (non-hydrogen) atoms. The van der Waals surface area contributed by atoms with Crippen LogP contribution in [0.2, 0.25) is 0 Å². The molecule has 1 aromatic carbocycles. The third-order valence-corrected chi connectivity index (χ3v) is 3.56. The Kier molecular flexibility index (Phi) is 3.67. The van der Waals surface area contributed by atoms with Gasteiger partial charge in [-0.1, -0.05) is 54.0 Å². The minimum absolute atomic E-state index is 0.369. The molecule has 2 heteroatoms. The molecule has 0 saturated carbocycles. The number of halogens is 1. The summed E-state index contributed by atoms with van der Waals surface area (Å²) in [5.74, 6) is 0.557. The van der Waals surface area contributed by atoms with Crippen LogP contribution < -0.4 is 0 Å². The number of benzene rings is 1. The highest BCUT2D eigenvalue weighted by Crippen LogP contribution is 2.30. The number of carbonyl (C=O) groups is 1. The molecule has 0 aliphatic rings. The SMILES string of the molecule is CC(C)C(Br)c1ccc(C=O)cc1. The van der Waals surface area contributed by atoms with Gasteiger partial charge in [-0.15, -0.1) is 0 Å². The Morgan fingerprint density at radius 1 is 1.23 bits per heavy atom. The second-order valence-electron chi connectivity index (χ2n) is 3.43. The van der Waals surface area contributed by atoms with Crippen molar-refractivity contribution < 1.29 is 4.79 Å². The molecule has 0 saturated heterocycles. The fourth-order valence-electron chi connectivity index (χ4n) is 1.14. The van der Waals surface area contributed by atoms with Gasteiger partial charge in [-0.3, -0.25) is 4.79 Å². The van der Waals surface area contributed by atoms with Crippen molar-refractivity contribution in [3.05, 3.63) is 35.4 Å². The van der Waals surface area contributed by atoms with E-state index in [4.69, 9.17) is 0 Å². The highest BCUT2D eigenvalue weighted by atomic mass is 79.9. The molecule has 1 atom stereocenters. The van der Waals surface area contributed by atoms with E-state index < -0.39 is 0 Å². The normalized spacial score (nSPS) is 12.9. The summed E-state index contributed by atoms with van der Waals surface area (Å²) in [6.45, 7) is 4.32. The maximum atomic E-state index is 10.4. The molecule has 0 aliphatic heterocycles. The largest absolute Gasteiger partial charge is 0.298 e. The number of alkyl halides is 1. The van der Waals surface area contributed by atoms with Crippen molar-refractivity contribution in [1.82, 2.24) is 0 Å². The third-order valence-electron chi connectivity index (χ3n) is 1.98. The second-order valence-corrected chi connectivity index (χ2v) is 4.42. The number of rotatable bonds is 3. The van der Waals surface area contributed by atoms with Crippen molar-refractivity contribution in [3.63, 3.8) is 0 Å². The summed E-state index contributed by atoms with van der Waals surface area (Å²) in [4.78, 5) is 10.8. The van der Waals surface area contributed by atoms with E-state index in [9.17, 15) is 4.79 Å². The van der Waals surface area contributed by atoms with Crippen LogP contribution >= 0.6 is 15.9 Å². The smallest absolute Gasteiger partial charge is 0.150 e. The van der Waals surface area contributed by atoms with E-state index in [1.165, 1.54) is 5.56 Å². The first kappa shape index (κ1) is 10.5. The van der Waals surface area contributed by atoms with Crippen molar-refractivity contribution >= 4 is 22.2 Å². The zero-order chi connectivity index (χ0) is 9.84. The molecule has 1 unspecified atom stereocenters. The van der Waals surface area contributed by atoms with E-state index >= 15 is 0 Å². The van der Waals surface area contributed by atoms with Crippen LogP contribution in [0.1, 0.15) is 34.6 Å². The van der Waals surface area contributed by atoms with Crippen molar-refractivity contribution in [2.75, 3.05) is 0 Å². The van der Waals surface area contributed by atoms with Gasteiger partial charge < -0.3 is 0 Å². The van der Waals surface area contributed by atoms with Crippen LogP contribution in [0.4, 0.5) is 0 Å². The minimum atomic E-state index is 0.369. The molecule has 0 aliphatic carbocycles. The van der Waals surface area contributed by atoms with Crippen LogP contribution in [0.15, 0.2) is 24.3 Å². The average Bonchev–Trinajstić information content (AvgIpc) is 2.17. The minimum Gasteiger partial charge on any atom is -0.298 e. The zero-order valence-electron chi connectivity index (χ0n) is 7.83. The Hall–Kier alpha value is -0.630. The molecule has 1 rings (SSSR count). The van der Waals surface area contributed by atoms with Crippen LogP contribution in [0.5, 0.6) is 0 Å². The lowest BCUT2D eigenvalue weighted by atomic mass is 10.0. The van der Waals surface area contributed by atoms with E-state index in [2.05, 4.69) is 29.8 Å². The molecule has 1 aromatic rings. The zero-order valence-corrected chi connectivity index (χ0v) is 9.41. The van der Waals surface area contributed by atoms with E-state index in [1.807, 2.05) is 24.3 Å². The molecule has 0 spiro atoms. The number of hydrogen-bond donors (Lipinski definition) is 0. The molecule has 1 nitrogen and oxygen atoms in total. The summed E-state index contributed by atoms with van der Waals surface area (Å²) < 4.78 is 0. The first-order valence-electron chi connectivity index (χ1n) is 4.34.